The molecule has 0 N–H and O–H groups in total. The van der Waals surface area contributed by atoms with Gasteiger partial charge in [-0.15, -0.1) is 11.8 Å². The second-order valence-corrected chi connectivity index (χ2v) is 3.60. The summed E-state index contributed by atoms with van der Waals surface area (Å²) in [6, 6.07) is 0. The van der Waals surface area contributed by atoms with Crippen molar-refractivity contribution in [2.75, 3.05) is 18.7 Å². The summed E-state index contributed by atoms with van der Waals surface area (Å²) in [5.74, 6) is 1.19. The first-order chi connectivity index (χ1) is 6.13. The van der Waals surface area contributed by atoms with Crippen LogP contribution in [0.1, 0.15) is 34.6 Å². The molecule has 13 heavy (non-hydrogen) atoms. The van der Waals surface area contributed by atoms with Gasteiger partial charge in [0.1, 0.15) is 0 Å². The van der Waals surface area contributed by atoms with Crippen LogP contribution in [0.2, 0.25) is 0 Å². The van der Waals surface area contributed by atoms with E-state index in [9.17, 15) is 4.79 Å². The molecule has 80 valence electrons. The third-order valence-corrected chi connectivity index (χ3v) is 2.04. The van der Waals surface area contributed by atoms with Crippen LogP contribution < -0.4 is 0 Å². The predicted molar refractivity (Wildman–Crippen MR) is 62.0 cm³/mol. The van der Waals surface area contributed by atoms with Crippen LogP contribution in [0.25, 0.3) is 0 Å². The minimum Gasteiger partial charge on any atom is -0.334 e. The van der Waals surface area contributed by atoms with Gasteiger partial charge in [0.25, 0.3) is 0 Å². The Bertz CT molecular complexity index is 126. The van der Waals surface area contributed by atoms with Crippen molar-refractivity contribution < 1.29 is 4.79 Å². The Kier molecular flexibility index (Phi) is 11.7. The van der Waals surface area contributed by atoms with Crippen LogP contribution in [-0.4, -0.2) is 29.5 Å². The van der Waals surface area contributed by atoms with Gasteiger partial charge < -0.3 is 4.90 Å². The molecule has 1 amide bonds. The van der Waals surface area contributed by atoms with E-state index in [1.54, 1.807) is 11.8 Å². The highest BCUT2D eigenvalue weighted by Gasteiger charge is 2.13. The summed E-state index contributed by atoms with van der Waals surface area (Å²) in [6.45, 7) is 10.7. The van der Waals surface area contributed by atoms with Crippen LogP contribution in [0.4, 0.5) is 0 Å². The van der Waals surface area contributed by atoms with Gasteiger partial charge in [-0.05, 0) is 13.2 Å². The third-order valence-electron chi connectivity index (χ3n) is 1.47. The normalized spacial score (nSPS) is 9.15. The van der Waals surface area contributed by atoms with Crippen molar-refractivity contribution in [3.63, 3.8) is 0 Å². The van der Waals surface area contributed by atoms with E-state index >= 15 is 0 Å². The van der Waals surface area contributed by atoms with E-state index in [-0.39, 0.29) is 11.8 Å². The minimum atomic E-state index is 0.127. The first-order valence-corrected chi connectivity index (χ1v) is 6.30. The molecule has 0 radical (unpaired) electrons. The van der Waals surface area contributed by atoms with Crippen LogP contribution in [0.15, 0.2) is 0 Å². The van der Waals surface area contributed by atoms with Crippen LogP contribution >= 0.6 is 11.8 Å². The summed E-state index contributed by atoms with van der Waals surface area (Å²) in [7, 11) is 0. The lowest BCUT2D eigenvalue weighted by Gasteiger charge is -2.21. The maximum Gasteiger partial charge on any atom is 0.225 e. The highest BCUT2D eigenvalue weighted by Crippen LogP contribution is 2.05. The number of carbonyl (C=O) groups excluding carboxylic acids is 1. The second kappa shape index (κ2) is 9.90. The van der Waals surface area contributed by atoms with Crippen LogP contribution in [0.5, 0.6) is 0 Å². The molecule has 0 aliphatic carbocycles. The molecule has 0 rings (SSSR count). The largest absolute Gasteiger partial charge is 0.334 e. The predicted octanol–water partition coefficient (Wildman–Crippen LogP) is 2.84. The SMILES string of the molecule is CC.CCN(CSC)C(=O)C(C)C. The maximum absolute atomic E-state index is 11.4. The van der Waals surface area contributed by atoms with Gasteiger partial charge in [-0.2, -0.15) is 0 Å². The summed E-state index contributed by atoms with van der Waals surface area (Å²) >= 11 is 1.69. The monoisotopic (exact) mass is 205 g/mol. The Balaban J connectivity index is 0. The summed E-state index contributed by atoms with van der Waals surface area (Å²) in [5, 5.41) is 0. The zero-order chi connectivity index (χ0) is 10.9. The molecular weight excluding hydrogens is 182 g/mol. The fourth-order valence-corrected chi connectivity index (χ4v) is 1.45. The molecule has 0 bridgehead atoms. The van der Waals surface area contributed by atoms with Crippen molar-refractivity contribution in [2.24, 2.45) is 5.92 Å². The van der Waals surface area contributed by atoms with Crippen molar-refractivity contribution in [1.82, 2.24) is 4.90 Å². The van der Waals surface area contributed by atoms with Crippen LogP contribution in [0, 0.1) is 5.92 Å². The van der Waals surface area contributed by atoms with Gasteiger partial charge in [-0.25, -0.2) is 0 Å². The average molecular weight is 205 g/mol. The van der Waals surface area contributed by atoms with Gasteiger partial charge in [0.05, 0.1) is 5.88 Å². The van der Waals surface area contributed by atoms with Gasteiger partial charge in [0.15, 0.2) is 0 Å². The summed E-state index contributed by atoms with van der Waals surface area (Å²) in [6.07, 6.45) is 2.01. The van der Waals surface area contributed by atoms with Crippen molar-refractivity contribution >= 4 is 17.7 Å². The Morgan fingerprint density at radius 2 is 1.85 bits per heavy atom. The van der Waals surface area contributed by atoms with Crippen molar-refractivity contribution in [1.29, 1.82) is 0 Å². The number of hydrogen-bond acceptors (Lipinski definition) is 2. The molecule has 0 fully saturated rings. The lowest BCUT2D eigenvalue weighted by atomic mass is 10.2. The van der Waals surface area contributed by atoms with Crippen molar-refractivity contribution in [3.8, 4) is 0 Å². The topological polar surface area (TPSA) is 20.3 Å². The molecule has 2 nitrogen and oxygen atoms in total. The Morgan fingerprint density at radius 1 is 1.38 bits per heavy atom. The van der Waals surface area contributed by atoms with E-state index in [2.05, 4.69) is 0 Å². The van der Waals surface area contributed by atoms with E-state index in [0.29, 0.717) is 0 Å². The fraction of sp³-hybridized carbons (Fsp3) is 0.900. The number of nitrogens with zero attached hydrogens (tertiary/aromatic N) is 1. The molecule has 0 aliphatic rings. The van der Waals surface area contributed by atoms with E-state index in [4.69, 9.17) is 0 Å². The Labute approximate surface area is 87.1 Å². The van der Waals surface area contributed by atoms with E-state index < -0.39 is 0 Å². The highest BCUT2D eigenvalue weighted by molar-refractivity contribution is 7.98. The van der Waals surface area contributed by atoms with Crippen LogP contribution in [-0.2, 0) is 4.79 Å². The Hall–Kier alpha value is -0.180. The van der Waals surface area contributed by atoms with Gasteiger partial charge in [-0.3, -0.25) is 4.79 Å². The number of rotatable bonds is 4. The molecule has 0 saturated heterocycles. The van der Waals surface area contributed by atoms with Crippen LogP contribution in [0.3, 0.4) is 0 Å². The lowest BCUT2D eigenvalue weighted by molar-refractivity contribution is -0.133. The zero-order valence-corrected chi connectivity index (χ0v) is 10.6. The Morgan fingerprint density at radius 3 is 2.08 bits per heavy atom. The quantitative estimate of drug-likeness (QED) is 0.658. The fourth-order valence-electron chi connectivity index (χ4n) is 0.832. The van der Waals surface area contributed by atoms with E-state index in [0.717, 1.165) is 12.4 Å². The molecule has 0 saturated carbocycles. The van der Waals surface area contributed by atoms with Gasteiger partial charge in [-0.1, -0.05) is 27.7 Å². The summed E-state index contributed by atoms with van der Waals surface area (Å²) in [5.41, 5.74) is 0. The smallest absolute Gasteiger partial charge is 0.225 e. The maximum atomic E-state index is 11.4. The lowest BCUT2D eigenvalue weighted by Crippen LogP contribution is -2.33. The molecule has 0 heterocycles. The molecule has 0 aromatic carbocycles. The standard InChI is InChI=1S/C8H17NOS.C2H6/c1-5-9(6-11-4)8(10)7(2)3;1-2/h7H,5-6H2,1-4H3;1-2H3. The zero-order valence-electron chi connectivity index (χ0n) is 9.76. The molecule has 0 aliphatic heterocycles. The van der Waals surface area contributed by atoms with Crippen molar-refractivity contribution in [3.05, 3.63) is 0 Å². The van der Waals surface area contributed by atoms with Gasteiger partial charge >= 0.3 is 0 Å². The minimum absolute atomic E-state index is 0.127. The number of hydrogen-bond donors (Lipinski definition) is 0. The van der Waals surface area contributed by atoms with E-state index in [1.807, 2.05) is 45.8 Å². The number of amides is 1. The van der Waals surface area contributed by atoms with Gasteiger partial charge in [0, 0.05) is 12.5 Å². The van der Waals surface area contributed by atoms with Crippen molar-refractivity contribution in [2.45, 2.75) is 34.6 Å². The molecular formula is C10H23NOS. The highest BCUT2D eigenvalue weighted by atomic mass is 32.2. The molecule has 0 atom stereocenters. The molecule has 0 unspecified atom stereocenters. The molecule has 0 aromatic rings. The molecule has 0 spiro atoms. The average Bonchev–Trinajstić information content (AvgIpc) is 2.16. The molecule has 0 aromatic heterocycles. The first kappa shape index (κ1) is 15.3. The number of carbonyl (C=O) groups is 1. The summed E-state index contributed by atoms with van der Waals surface area (Å²) < 4.78 is 0. The van der Waals surface area contributed by atoms with E-state index in [1.165, 1.54) is 0 Å². The first-order valence-electron chi connectivity index (χ1n) is 4.91. The molecule has 3 heteroatoms. The van der Waals surface area contributed by atoms with Gasteiger partial charge in [0.2, 0.25) is 5.91 Å². The third kappa shape index (κ3) is 6.94. The number of thioether (sulfide) groups is 1. The summed E-state index contributed by atoms with van der Waals surface area (Å²) in [4.78, 5) is 13.2. The second-order valence-electron chi connectivity index (χ2n) is 2.77.